The Morgan fingerprint density at radius 3 is 2.22 bits per heavy atom. The Hall–Kier alpha value is -2.61. The van der Waals surface area contributed by atoms with Crippen molar-refractivity contribution in [1.82, 2.24) is 10.6 Å². The van der Waals surface area contributed by atoms with Crippen LogP contribution in [-0.2, 0) is 6.54 Å². The summed E-state index contributed by atoms with van der Waals surface area (Å²) in [7, 11) is 0. The molecular formula is C19H21F4N3O. The summed E-state index contributed by atoms with van der Waals surface area (Å²) >= 11 is 0. The van der Waals surface area contributed by atoms with Crippen LogP contribution < -0.4 is 10.6 Å². The molecule has 0 heterocycles. The maximum Gasteiger partial charge on any atom is 0.191 e. The first-order chi connectivity index (χ1) is 13.0. The van der Waals surface area contributed by atoms with Gasteiger partial charge >= 0.3 is 0 Å². The van der Waals surface area contributed by atoms with Gasteiger partial charge in [-0.25, -0.2) is 22.6 Å². The fourth-order valence-corrected chi connectivity index (χ4v) is 2.49. The zero-order valence-electron chi connectivity index (χ0n) is 14.8. The Kier molecular flexibility index (Phi) is 7.60. The van der Waals surface area contributed by atoms with Crippen molar-refractivity contribution >= 4 is 5.96 Å². The molecule has 0 spiro atoms. The van der Waals surface area contributed by atoms with Crippen LogP contribution in [0.2, 0.25) is 0 Å². The molecule has 2 aromatic rings. The number of hydrogen-bond donors (Lipinski definition) is 3. The highest BCUT2D eigenvalue weighted by molar-refractivity contribution is 5.79. The third-order valence-electron chi connectivity index (χ3n) is 3.95. The van der Waals surface area contributed by atoms with Gasteiger partial charge in [0, 0.05) is 25.1 Å². The Labute approximate surface area is 154 Å². The number of rotatable bonds is 7. The van der Waals surface area contributed by atoms with E-state index in [9.17, 15) is 22.7 Å². The topological polar surface area (TPSA) is 56.7 Å². The van der Waals surface area contributed by atoms with E-state index in [1.165, 1.54) is 0 Å². The molecule has 27 heavy (non-hydrogen) atoms. The maximum absolute atomic E-state index is 13.7. The van der Waals surface area contributed by atoms with E-state index in [1.807, 2.05) is 30.3 Å². The second-order valence-electron chi connectivity index (χ2n) is 5.81. The van der Waals surface area contributed by atoms with E-state index >= 15 is 0 Å². The Bertz CT molecular complexity index is 758. The summed E-state index contributed by atoms with van der Waals surface area (Å²) < 4.78 is 54.1. The van der Waals surface area contributed by atoms with Crippen molar-refractivity contribution in [1.29, 1.82) is 0 Å². The van der Waals surface area contributed by atoms with Crippen molar-refractivity contribution in [3.8, 4) is 0 Å². The SMILES string of the molecule is CCNC(=NCc1c(F)c(F)cc(F)c1F)NCC(CO)c1ccccc1. The van der Waals surface area contributed by atoms with Gasteiger partial charge in [-0.15, -0.1) is 0 Å². The average Bonchev–Trinajstić information content (AvgIpc) is 2.67. The molecule has 1 atom stereocenters. The van der Waals surface area contributed by atoms with Crippen LogP contribution in [0.3, 0.4) is 0 Å². The lowest BCUT2D eigenvalue weighted by Gasteiger charge is -2.18. The van der Waals surface area contributed by atoms with E-state index in [4.69, 9.17) is 0 Å². The van der Waals surface area contributed by atoms with Gasteiger partial charge in [-0.2, -0.15) is 0 Å². The standard InChI is InChI=1S/C19H21F4N3O/c1-2-24-19(25-9-13(11-27)12-6-4-3-5-7-12)26-10-14-17(22)15(20)8-16(21)18(14)23/h3-8,13,27H,2,9-11H2,1H3,(H2,24,25,26). The van der Waals surface area contributed by atoms with Gasteiger partial charge in [0.25, 0.3) is 0 Å². The first-order valence-corrected chi connectivity index (χ1v) is 8.47. The highest BCUT2D eigenvalue weighted by Crippen LogP contribution is 2.20. The van der Waals surface area contributed by atoms with Crippen LogP contribution in [0.5, 0.6) is 0 Å². The summed E-state index contributed by atoms with van der Waals surface area (Å²) in [5.41, 5.74) is 0.124. The molecule has 2 aromatic carbocycles. The number of halogens is 4. The number of guanidine groups is 1. The van der Waals surface area contributed by atoms with Gasteiger partial charge in [-0.1, -0.05) is 30.3 Å². The predicted octanol–water partition coefficient (Wildman–Crippen LogP) is 3.07. The minimum absolute atomic E-state index is 0.116. The summed E-state index contributed by atoms with van der Waals surface area (Å²) in [6.45, 7) is 1.85. The zero-order valence-corrected chi connectivity index (χ0v) is 14.8. The molecule has 0 aliphatic heterocycles. The number of benzene rings is 2. The quantitative estimate of drug-likeness (QED) is 0.298. The van der Waals surface area contributed by atoms with E-state index in [-0.39, 0.29) is 24.6 Å². The van der Waals surface area contributed by atoms with Crippen LogP contribution >= 0.6 is 0 Å². The largest absolute Gasteiger partial charge is 0.396 e. The van der Waals surface area contributed by atoms with Gasteiger partial charge in [0.2, 0.25) is 0 Å². The molecule has 0 aliphatic carbocycles. The lowest BCUT2D eigenvalue weighted by molar-refractivity contribution is 0.265. The minimum Gasteiger partial charge on any atom is -0.396 e. The molecule has 8 heteroatoms. The molecule has 0 saturated carbocycles. The number of nitrogens with zero attached hydrogens (tertiary/aromatic N) is 1. The van der Waals surface area contributed by atoms with Crippen LogP contribution in [0.15, 0.2) is 41.4 Å². The van der Waals surface area contributed by atoms with Crippen molar-refractivity contribution in [3.63, 3.8) is 0 Å². The molecule has 0 aromatic heterocycles. The van der Waals surface area contributed by atoms with E-state index in [2.05, 4.69) is 15.6 Å². The Balaban J connectivity index is 2.13. The van der Waals surface area contributed by atoms with E-state index in [0.717, 1.165) is 5.56 Å². The lowest BCUT2D eigenvalue weighted by atomic mass is 10.0. The lowest BCUT2D eigenvalue weighted by Crippen LogP contribution is -2.40. The maximum atomic E-state index is 13.7. The fourth-order valence-electron chi connectivity index (χ4n) is 2.49. The molecule has 146 valence electrons. The molecule has 2 rings (SSSR count). The van der Waals surface area contributed by atoms with Crippen LogP contribution in [0.4, 0.5) is 17.6 Å². The summed E-state index contributed by atoms with van der Waals surface area (Å²) in [6.07, 6.45) is 0. The third kappa shape index (κ3) is 5.43. The van der Waals surface area contributed by atoms with E-state index in [0.29, 0.717) is 13.1 Å². The molecule has 1 unspecified atom stereocenters. The third-order valence-corrected chi connectivity index (χ3v) is 3.95. The number of aliphatic imine (C=N–C) groups is 1. The Morgan fingerprint density at radius 2 is 1.67 bits per heavy atom. The van der Waals surface area contributed by atoms with E-state index in [1.54, 1.807) is 6.92 Å². The van der Waals surface area contributed by atoms with Gasteiger partial charge in [0.15, 0.2) is 29.2 Å². The van der Waals surface area contributed by atoms with Crippen molar-refractivity contribution in [2.24, 2.45) is 4.99 Å². The Morgan fingerprint density at radius 1 is 1.04 bits per heavy atom. The zero-order chi connectivity index (χ0) is 19.8. The minimum atomic E-state index is -1.47. The summed E-state index contributed by atoms with van der Waals surface area (Å²) in [5, 5.41) is 15.4. The first-order valence-electron chi connectivity index (χ1n) is 8.47. The van der Waals surface area contributed by atoms with Gasteiger partial charge in [0.05, 0.1) is 18.7 Å². The van der Waals surface area contributed by atoms with Crippen molar-refractivity contribution in [2.45, 2.75) is 19.4 Å². The molecular weight excluding hydrogens is 362 g/mol. The van der Waals surface area contributed by atoms with Crippen LogP contribution in [0.1, 0.15) is 24.0 Å². The van der Waals surface area contributed by atoms with Gasteiger partial charge in [-0.3, -0.25) is 0 Å². The second kappa shape index (κ2) is 9.91. The molecule has 0 radical (unpaired) electrons. The van der Waals surface area contributed by atoms with Gasteiger partial charge < -0.3 is 15.7 Å². The van der Waals surface area contributed by atoms with Crippen molar-refractivity contribution in [3.05, 3.63) is 70.8 Å². The first kappa shape index (κ1) is 20.7. The molecule has 0 fully saturated rings. The monoisotopic (exact) mass is 383 g/mol. The molecule has 0 aliphatic rings. The van der Waals surface area contributed by atoms with Crippen molar-refractivity contribution < 1.29 is 22.7 Å². The van der Waals surface area contributed by atoms with Crippen LogP contribution in [0.25, 0.3) is 0 Å². The van der Waals surface area contributed by atoms with Crippen LogP contribution in [0, 0.1) is 23.3 Å². The van der Waals surface area contributed by atoms with Gasteiger partial charge in [0.1, 0.15) is 0 Å². The van der Waals surface area contributed by atoms with Gasteiger partial charge in [-0.05, 0) is 12.5 Å². The highest BCUT2D eigenvalue weighted by atomic mass is 19.2. The average molecular weight is 383 g/mol. The van der Waals surface area contributed by atoms with Crippen LogP contribution in [-0.4, -0.2) is 30.8 Å². The number of aliphatic hydroxyl groups is 1. The summed E-state index contributed by atoms with van der Waals surface area (Å²) in [5.74, 6) is -5.90. The number of nitrogens with one attached hydrogen (secondary N) is 2. The van der Waals surface area contributed by atoms with Crippen molar-refractivity contribution in [2.75, 3.05) is 19.7 Å². The smallest absolute Gasteiger partial charge is 0.191 e. The molecule has 0 bridgehead atoms. The molecule has 3 N–H and O–H groups in total. The molecule has 0 amide bonds. The highest BCUT2D eigenvalue weighted by Gasteiger charge is 2.19. The van der Waals surface area contributed by atoms with E-state index < -0.39 is 35.4 Å². The number of aliphatic hydroxyl groups excluding tert-OH is 1. The second-order valence-corrected chi connectivity index (χ2v) is 5.81. The summed E-state index contributed by atoms with van der Waals surface area (Å²) in [6, 6.07) is 9.45. The normalized spacial score (nSPS) is 12.7. The summed E-state index contributed by atoms with van der Waals surface area (Å²) in [4.78, 5) is 3.99. The predicted molar refractivity (Wildman–Crippen MR) is 95.4 cm³/mol. The molecule has 4 nitrogen and oxygen atoms in total. The fraction of sp³-hybridized carbons (Fsp3) is 0.316. The molecule has 0 saturated heterocycles. The number of hydrogen-bond acceptors (Lipinski definition) is 2.